The fourth-order valence-electron chi connectivity index (χ4n) is 0.963. The van der Waals surface area contributed by atoms with Crippen LogP contribution in [0.2, 0.25) is 0 Å². The molecule has 0 heterocycles. The van der Waals surface area contributed by atoms with E-state index in [1.807, 2.05) is 0 Å². The molecule has 0 aromatic heterocycles. The normalized spacial score (nSPS) is 11.3. The summed E-state index contributed by atoms with van der Waals surface area (Å²) < 4.78 is 4.38. The zero-order chi connectivity index (χ0) is 11.2. The molecule has 0 fully saturated rings. The number of ether oxygens (including phenoxy) is 1. The summed E-state index contributed by atoms with van der Waals surface area (Å²) in [6.07, 6.45) is -1.50. The minimum absolute atomic E-state index is 0.540. The maximum atomic E-state index is 10.3. The molecular formula is C7H12O7. The molecule has 0 aliphatic rings. The Morgan fingerprint density at radius 1 is 1.14 bits per heavy atom. The highest BCUT2D eigenvalue weighted by Gasteiger charge is 2.33. The third-order valence-electron chi connectivity index (χ3n) is 1.42. The molecule has 0 bridgehead atoms. The summed E-state index contributed by atoms with van der Waals surface area (Å²) in [7, 11) is 0. The van der Waals surface area contributed by atoms with Gasteiger partial charge in [-0.25, -0.2) is 0 Å². The van der Waals surface area contributed by atoms with Crippen LogP contribution >= 0.6 is 0 Å². The molecule has 0 aliphatic heterocycles. The van der Waals surface area contributed by atoms with Crippen molar-refractivity contribution in [2.24, 2.45) is 0 Å². The summed E-state index contributed by atoms with van der Waals surface area (Å²) in [4.78, 5) is 20.6. The van der Waals surface area contributed by atoms with Crippen molar-refractivity contribution in [1.29, 1.82) is 0 Å². The first-order valence-corrected chi connectivity index (χ1v) is 3.74. The average Bonchev–Trinajstić information content (AvgIpc) is 1.97. The highest BCUT2D eigenvalue weighted by molar-refractivity contribution is 5.72. The Morgan fingerprint density at radius 2 is 1.57 bits per heavy atom. The molecule has 0 amide bonds. The van der Waals surface area contributed by atoms with Gasteiger partial charge in [0, 0.05) is 0 Å². The number of rotatable bonds is 7. The van der Waals surface area contributed by atoms with Crippen LogP contribution in [0.5, 0.6) is 0 Å². The van der Waals surface area contributed by atoms with Gasteiger partial charge >= 0.3 is 11.9 Å². The van der Waals surface area contributed by atoms with E-state index in [1.54, 1.807) is 0 Å². The summed E-state index contributed by atoms with van der Waals surface area (Å²) in [5.74, 6) is -2.68. The third-order valence-corrected chi connectivity index (χ3v) is 1.42. The Balaban J connectivity index is 4.31. The van der Waals surface area contributed by atoms with Crippen LogP contribution in [0.4, 0.5) is 0 Å². The molecule has 14 heavy (non-hydrogen) atoms. The molecule has 0 aliphatic carbocycles. The standard InChI is InChI=1S/C7H12O7/c8-4-14-3-7(13,1-5(9)10)2-6(11)12/h8,13H,1-4H2,(H,9,10)(H,11,12). The lowest BCUT2D eigenvalue weighted by Gasteiger charge is -2.23. The van der Waals surface area contributed by atoms with Gasteiger partial charge in [-0.2, -0.15) is 0 Å². The van der Waals surface area contributed by atoms with Gasteiger partial charge in [0.25, 0.3) is 0 Å². The van der Waals surface area contributed by atoms with E-state index >= 15 is 0 Å². The number of hydrogen-bond donors (Lipinski definition) is 4. The molecule has 7 heteroatoms. The molecule has 0 saturated carbocycles. The monoisotopic (exact) mass is 208 g/mol. The fraction of sp³-hybridized carbons (Fsp3) is 0.714. The molecular weight excluding hydrogens is 196 g/mol. The van der Waals surface area contributed by atoms with Crippen molar-refractivity contribution in [3.8, 4) is 0 Å². The van der Waals surface area contributed by atoms with Crippen molar-refractivity contribution in [3.63, 3.8) is 0 Å². The summed E-state index contributed by atoms with van der Waals surface area (Å²) in [6, 6.07) is 0. The number of hydrogen-bond acceptors (Lipinski definition) is 5. The maximum absolute atomic E-state index is 10.3. The first-order valence-electron chi connectivity index (χ1n) is 3.74. The minimum atomic E-state index is -1.99. The lowest BCUT2D eigenvalue weighted by molar-refractivity contribution is -0.157. The van der Waals surface area contributed by atoms with E-state index in [0.29, 0.717) is 0 Å². The van der Waals surface area contributed by atoms with Crippen LogP contribution in [0.25, 0.3) is 0 Å². The number of aliphatic carboxylic acids is 2. The van der Waals surface area contributed by atoms with Crippen molar-refractivity contribution in [2.45, 2.75) is 18.4 Å². The molecule has 82 valence electrons. The predicted octanol–water partition coefficient (Wildman–Crippen LogP) is -1.37. The Kier molecular flexibility index (Phi) is 5.06. The lowest BCUT2D eigenvalue weighted by atomic mass is 9.97. The molecule has 4 N–H and O–H groups in total. The van der Waals surface area contributed by atoms with Gasteiger partial charge in [-0.1, -0.05) is 0 Å². The molecule has 0 spiro atoms. The average molecular weight is 208 g/mol. The summed E-state index contributed by atoms with van der Waals surface area (Å²) in [6.45, 7) is -1.25. The molecule has 0 aromatic rings. The van der Waals surface area contributed by atoms with Crippen molar-refractivity contribution in [2.75, 3.05) is 13.4 Å². The van der Waals surface area contributed by atoms with Gasteiger partial charge in [0.15, 0.2) is 0 Å². The second-order valence-corrected chi connectivity index (χ2v) is 2.84. The van der Waals surface area contributed by atoms with E-state index in [2.05, 4.69) is 4.74 Å². The number of carboxylic acid groups (broad SMARTS) is 2. The number of carboxylic acids is 2. The van der Waals surface area contributed by atoms with E-state index in [-0.39, 0.29) is 0 Å². The molecule has 0 atom stereocenters. The Bertz CT molecular complexity index is 196. The SMILES string of the molecule is O=C(O)CC(O)(COCO)CC(=O)O. The maximum Gasteiger partial charge on any atom is 0.306 e. The quantitative estimate of drug-likeness (QED) is 0.380. The van der Waals surface area contributed by atoms with Crippen molar-refractivity contribution < 1.29 is 34.8 Å². The van der Waals surface area contributed by atoms with Crippen molar-refractivity contribution >= 4 is 11.9 Å². The Morgan fingerprint density at radius 3 is 1.86 bits per heavy atom. The van der Waals surface area contributed by atoms with Gasteiger partial charge in [-0.3, -0.25) is 9.59 Å². The fourth-order valence-corrected chi connectivity index (χ4v) is 0.963. The van der Waals surface area contributed by atoms with Gasteiger partial charge in [-0.15, -0.1) is 0 Å². The number of aliphatic hydroxyl groups excluding tert-OH is 1. The van der Waals surface area contributed by atoms with Crippen LogP contribution in [0.3, 0.4) is 0 Å². The van der Waals surface area contributed by atoms with Crippen molar-refractivity contribution in [3.05, 3.63) is 0 Å². The molecule has 0 unspecified atom stereocenters. The second-order valence-electron chi connectivity index (χ2n) is 2.84. The van der Waals surface area contributed by atoms with E-state index in [4.69, 9.17) is 15.3 Å². The van der Waals surface area contributed by atoms with Gasteiger partial charge in [0.1, 0.15) is 12.4 Å². The van der Waals surface area contributed by atoms with Gasteiger partial charge < -0.3 is 25.2 Å². The highest BCUT2D eigenvalue weighted by atomic mass is 16.6. The first-order chi connectivity index (χ1) is 6.39. The van der Waals surface area contributed by atoms with Crippen LogP contribution in [0.1, 0.15) is 12.8 Å². The highest BCUT2D eigenvalue weighted by Crippen LogP contribution is 2.16. The van der Waals surface area contributed by atoms with Crippen LogP contribution in [-0.4, -0.2) is 51.4 Å². The van der Waals surface area contributed by atoms with Crippen LogP contribution in [0, 0.1) is 0 Å². The number of carbonyl (C=O) groups is 2. The predicted molar refractivity (Wildman–Crippen MR) is 42.5 cm³/mol. The van der Waals surface area contributed by atoms with Gasteiger partial charge in [0.2, 0.25) is 0 Å². The molecule has 0 rings (SSSR count). The summed E-state index contributed by atoms with van der Waals surface area (Å²) >= 11 is 0. The minimum Gasteiger partial charge on any atom is -0.481 e. The van der Waals surface area contributed by atoms with Crippen LogP contribution in [-0.2, 0) is 14.3 Å². The zero-order valence-corrected chi connectivity index (χ0v) is 7.34. The largest absolute Gasteiger partial charge is 0.481 e. The summed E-state index contributed by atoms with van der Waals surface area (Å²) in [5, 5.41) is 34.5. The zero-order valence-electron chi connectivity index (χ0n) is 7.34. The second kappa shape index (κ2) is 5.53. The van der Waals surface area contributed by atoms with E-state index in [1.165, 1.54) is 0 Å². The Labute approximate surface area is 79.5 Å². The van der Waals surface area contributed by atoms with Crippen molar-refractivity contribution in [1.82, 2.24) is 0 Å². The van der Waals surface area contributed by atoms with E-state index in [9.17, 15) is 14.7 Å². The smallest absolute Gasteiger partial charge is 0.306 e. The third kappa shape index (κ3) is 5.46. The lowest BCUT2D eigenvalue weighted by Crippen LogP contribution is -2.39. The molecule has 0 radical (unpaired) electrons. The molecule has 0 aromatic carbocycles. The van der Waals surface area contributed by atoms with Crippen LogP contribution in [0.15, 0.2) is 0 Å². The number of aliphatic hydroxyl groups is 2. The topological polar surface area (TPSA) is 124 Å². The van der Waals surface area contributed by atoms with Gasteiger partial charge in [0.05, 0.1) is 19.4 Å². The van der Waals surface area contributed by atoms with E-state index < -0.39 is 43.8 Å². The molecule has 7 nitrogen and oxygen atoms in total. The van der Waals surface area contributed by atoms with Crippen LogP contribution < -0.4 is 0 Å². The first kappa shape index (κ1) is 12.8. The summed E-state index contributed by atoms with van der Waals surface area (Å²) in [5.41, 5.74) is -1.99. The van der Waals surface area contributed by atoms with E-state index in [0.717, 1.165) is 0 Å². The van der Waals surface area contributed by atoms with Gasteiger partial charge in [-0.05, 0) is 0 Å². The molecule has 0 saturated heterocycles. The Hall–Kier alpha value is -1.18.